The van der Waals surface area contributed by atoms with Gasteiger partial charge in [-0.15, -0.1) is 0 Å². The van der Waals surface area contributed by atoms with Crippen molar-refractivity contribution >= 4 is 23.1 Å². The van der Waals surface area contributed by atoms with Crippen LogP contribution < -0.4 is 14.8 Å². The molecule has 1 N–H and O–H groups in total. The van der Waals surface area contributed by atoms with Gasteiger partial charge in [-0.25, -0.2) is 4.79 Å². The third kappa shape index (κ3) is 4.93. The Kier molecular flexibility index (Phi) is 6.47. The zero-order valence-corrected chi connectivity index (χ0v) is 16.2. The van der Waals surface area contributed by atoms with E-state index >= 15 is 0 Å². The molecule has 0 saturated carbocycles. The number of methoxy groups -OCH3 is 2. The summed E-state index contributed by atoms with van der Waals surface area (Å²) in [5.41, 5.74) is 2.05. The predicted molar refractivity (Wildman–Crippen MR) is 110 cm³/mol. The fraction of sp³-hybridized carbons (Fsp3) is 0.130. The van der Waals surface area contributed by atoms with Crippen LogP contribution in [0, 0.1) is 0 Å². The maximum Gasteiger partial charge on any atom is 0.340 e. The summed E-state index contributed by atoms with van der Waals surface area (Å²) in [6.07, 6.45) is 0. The van der Waals surface area contributed by atoms with E-state index in [1.54, 1.807) is 36.4 Å². The van der Waals surface area contributed by atoms with Crippen molar-refractivity contribution in [3.63, 3.8) is 0 Å². The normalized spacial score (nSPS) is 10.1. The molecule has 0 aliphatic carbocycles. The molecule has 29 heavy (non-hydrogen) atoms. The molecule has 6 nitrogen and oxygen atoms in total. The van der Waals surface area contributed by atoms with Gasteiger partial charge in [-0.2, -0.15) is 0 Å². The van der Waals surface area contributed by atoms with Crippen molar-refractivity contribution < 1.29 is 23.8 Å². The standard InChI is InChI=1S/C23H21NO5/c1-27-17-12-13-22(28-2)19(14-17)21(25)15-29-23(26)18-10-6-7-11-20(18)24-16-8-4-3-5-9-16/h3-14,24H,15H2,1-2H3. The van der Waals surface area contributed by atoms with Crippen molar-refractivity contribution in [2.24, 2.45) is 0 Å². The van der Waals surface area contributed by atoms with Crippen LogP contribution in [0.3, 0.4) is 0 Å². The fourth-order valence-corrected chi connectivity index (χ4v) is 2.77. The number of anilines is 2. The first-order valence-electron chi connectivity index (χ1n) is 8.96. The lowest BCUT2D eigenvalue weighted by atomic mass is 10.1. The van der Waals surface area contributed by atoms with Crippen LogP contribution >= 0.6 is 0 Å². The average Bonchev–Trinajstić information content (AvgIpc) is 2.77. The number of hydrogen-bond acceptors (Lipinski definition) is 6. The molecule has 0 spiro atoms. The largest absolute Gasteiger partial charge is 0.497 e. The van der Waals surface area contributed by atoms with Crippen LogP contribution in [0.4, 0.5) is 11.4 Å². The molecule has 3 aromatic carbocycles. The highest BCUT2D eigenvalue weighted by atomic mass is 16.5. The maximum absolute atomic E-state index is 12.6. The van der Waals surface area contributed by atoms with Crippen LogP contribution in [0.1, 0.15) is 20.7 Å². The average molecular weight is 391 g/mol. The molecular weight excluding hydrogens is 370 g/mol. The topological polar surface area (TPSA) is 73.9 Å². The number of rotatable bonds is 8. The van der Waals surface area contributed by atoms with E-state index in [-0.39, 0.29) is 11.3 Å². The molecule has 0 aliphatic heterocycles. The Morgan fingerprint density at radius 1 is 0.828 bits per heavy atom. The molecule has 0 bridgehead atoms. The number of carbonyl (C=O) groups excluding carboxylic acids is 2. The lowest BCUT2D eigenvalue weighted by molar-refractivity contribution is 0.0475. The van der Waals surface area contributed by atoms with Crippen LogP contribution in [0.2, 0.25) is 0 Å². The first-order chi connectivity index (χ1) is 14.1. The minimum absolute atomic E-state index is 0.287. The molecule has 3 rings (SSSR count). The van der Waals surface area contributed by atoms with E-state index in [2.05, 4.69) is 5.32 Å². The first-order valence-corrected chi connectivity index (χ1v) is 8.96. The molecule has 0 aliphatic rings. The number of esters is 1. The molecule has 0 amide bonds. The van der Waals surface area contributed by atoms with Crippen molar-refractivity contribution in [2.45, 2.75) is 0 Å². The van der Waals surface area contributed by atoms with Crippen molar-refractivity contribution in [3.05, 3.63) is 83.9 Å². The van der Waals surface area contributed by atoms with Gasteiger partial charge in [0.2, 0.25) is 5.78 Å². The van der Waals surface area contributed by atoms with Gasteiger partial charge in [0.15, 0.2) is 6.61 Å². The molecule has 0 atom stereocenters. The predicted octanol–water partition coefficient (Wildman–Crippen LogP) is 4.49. The molecule has 0 unspecified atom stereocenters. The molecule has 6 heteroatoms. The van der Waals surface area contributed by atoms with Gasteiger partial charge in [-0.3, -0.25) is 4.79 Å². The second-order valence-electron chi connectivity index (χ2n) is 6.10. The molecule has 148 valence electrons. The number of ether oxygens (including phenoxy) is 3. The van der Waals surface area contributed by atoms with Crippen molar-refractivity contribution in [1.82, 2.24) is 0 Å². The number of para-hydroxylation sites is 2. The van der Waals surface area contributed by atoms with Gasteiger partial charge < -0.3 is 19.5 Å². The van der Waals surface area contributed by atoms with Crippen LogP contribution in [0.5, 0.6) is 11.5 Å². The Bertz CT molecular complexity index is 1000. The van der Waals surface area contributed by atoms with E-state index in [9.17, 15) is 9.59 Å². The lowest BCUT2D eigenvalue weighted by Gasteiger charge is -2.12. The maximum atomic E-state index is 12.6. The SMILES string of the molecule is COc1ccc(OC)c(C(=O)COC(=O)c2ccccc2Nc2ccccc2)c1. The molecule has 0 heterocycles. The Morgan fingerprint density at radius 2 is 1.55 bits per heavy atom. The van der Waals surface area contributed by atoms with E-state index in [0.29, 0.717) is 22.7 Å². The quantitative estimate of drug-likeness (QED) is 0.451. The highest BCUT2D eigenvalue weighted by molar-refractivity contribution is 6.02. The van der Waals surface area contributed by atoms with Crippen molar-refractivity contribution in [3.8, 4) is 11.5 Å². The van der Waals surface area contributed by atoms with Gasteiger partial charge in [-0.1, -0.05) is 30.3 Å². The van der Waals surface area contributed by atoms with Gasteiger partial charge in [0.25, 0.3) is 0 Å². The number of Topliss-reactive ketones (excluding diaryl/α,β-unsaturated/α-hetero) is 1. The zero-order chi connectivity index (χ0) is 20.6. The van der Waals surface area contributed by atoms with Crippen LogP contribution in [-0.4, -0.2) is 32.6 Å². The number of ketones is 1. The highest BCUT2D eigenvalue weighted by Crippen LogP contribution is 2.25. The number of benzene rings is 3. The number of carbonyl (C=O) groups is 2. The van der Waals surface area contributed by atoms with Gasteiger partial charge in [0, 0.05) is 5.69 Å². The zero-order valence-electron chi connectivity index (χ0n) is 16.2. The van der Waals surface area contributed by atoms with E-state index in [0.717, 1.165) is 5.69 Å². The minimum Gasteiger partial charge on any atom is -0.497 e. The van der Waals surface area contributed by atoms with E-state index in [1.165, 1.54) is 14.2 Å². The van der Waals surface area contributed by atoms with Crippen LogP contribution in [0.25, 0.3) is 0 Å². The second-order valence-corrected chi connectivity index (χ2v) is 6.10. The number of hydrogen-bond donors (Lipinski definition) is 1. The fourth-order valence-electron chi connectivity index (χ4n) is 2.77. The molecular formula is C23H21NO5. The van der Waals surface area contributed by atoms with Crippen molar-refractivity contribution in [1.29, 1.82) is 0 Å². The first kappa shape index (κ1) is 19.9. The van der Waals surface area contributed by atoms with Gasteiger partial charge in [-0.05, 0) is 42.5 Å². The Morgan fingerprint density at radius 3 is 2.28 bits per heavy atom. The van der Waals surface area contributed by atoms with Crippen LogP contribution in [0.15, 0.2) is 72.8 Å². The highest BCUT2D eigenvalue weighted by Gasteiger charge is 2.18. The van der Waals surface area contributed by atoms with Crippen LogP contribution in [-0.2, 0) is 4.74 Å². The molecule has 0 fully saturated rings. The summed E-state index contributed by atoms with van der Waals surface area (Å²) in [7, 11) is 2.98. The lowest BCUT2D eigenvalue weighted by Crippen LogP contribution is -2.16. The third-order valence-corrected chi connectivity index (χ3v) is 4.24. The minimum atomic E-state index is -0.598. The Balaban J connectivity index is 1.72. The summed E-state index contributed by atoms with van der Waals surface area (Å²) in [6.45, 7) is -0.415. The third-order valence-electron chi connectivity index (χ3n) is 4.24. The molecule has 0 radical (unpaired) electrons. The number of nitrogens with one attached hydrogen (secondary N) is 1. The summed E-state index contributed by atoms with van der Waals surface area (Å²) in [5, 5.41) is 3.18. The van der Waals surface area contributed by atoms with E-state index < -0.39 is 12.6 Å². The monoisotopic (exact) mass is 391 g/mol. The van der Waals surface area contributed by atoms with Crippen molar-refractivity contribution in [2.75, 3.05) is 26.1 Å². The smallest absolute Gasteiger partial charge is 0.340 e. The molecule has 3 aromatic rings. The second kappa shape index (κ2) is 9.41. The summed E-state index contributed by atoms with van der Waals surface area (Å²) in [4.78, 5) is 25.2. The molecule has 0 saturated heterocycles. The summed E-state index contributed by atoms with van der Waals surface area (Å²) < 4.78 is 15.6. The van der Waals surface area contributed by atoms with Gasteiger partial charge >= 0.3 is 5.97 Å². The summed E-state index contributed by atoms with van der Waals surface area (Å²) in [5.74, 6) is -0.0854. The van der Waals surface area contributed by atoms with E-state index in [4.69, 9.17) is 14.2 Å². The molecule has 0 aromatic heterocycles. The summed E-state index contributed by atoms with van der Waals surface area (Å²) in [6, 6.07) is 21.3. The van der Waals surface area contributed by atoms with Gasteiger partial charge in [0.05, 0.1) is 31.0 Å². The van der Waals surface area contributed by atoms with Gasteiger partial charge in [0.1, 0.15) is 11.5 Å². The van der Waals surface area contributed by atoms with E-state index in [1.807, 2.05) is 36.4 Å². The Labute approximate surface area is 169 Å². The Hall–Kier alpha value is -3.80. The summed E-state index contributed by atoms with van der Waals surface area (Å²) >= 11 is 0.